The molecular formula is C27H24N6O2S. The number of nitrogens with zero attached hydrogens (tertiary/aromatic N) is 4. The predicted octanol–water partition coefficient (Wildman–Crippen LogP) is 4.98. The van der Waals surface area contributed by atoms with Crippen molar-refractivity contribution in [2.45, 2.75) is 12.1 Å². The third-order valence-electron chi connectivity index (χ3n) is 5.62. The Labute approximate surface area is 212 Å². The number of hydrogen-bond acceptors (Lipinski definition) is 6. The number of amides is 1. The minimum absolute atomic E-state index is 0.132. The highest BCUT2D eigenvalue weighted by molar-refractivity contribution is 7.99. The van der Waals surface area contributed by atoms with Crippen LogP contribution in [-0.4, -0.2) is 44.7 Å². The normalized spacial score (nSPS) is 11.3. The van der Waals surface area contributed by atoms with Gasteiger partial charge in [-0.15, -0.1) is 10.2 Å². The van der Waals surface area contributed by atoms with E-state index in [9.17, 15) is 4.79 Å². The lowest BCUT2D eigenvalue weighted by Crippen LogP contribution is -2.20. The highest BCUT2D eigenvalue weighted by Gasteiger charge is 2.17. The van der Waals surface area contributed by atoms with E-state index < -0.39 is 0 Å². The van der Waals surface area contributed by atoms with E-state index in [1.807, 2.05) is 90.5 Å². The molecule has 2 N–H and O–H groups in total. The zero-order chi connectivity index (χ0) is 24.9. The fourth-order valence-electron chi connectivity index (χ4n) is 3.75. The standard InChI is InChI=1S/C27H24N6O2S/c1-18-7-9-19(10-8-18)26-31-32-27(33(26)21-11-13-22(35-2)14-12-21)36-17-25(34)30-29-16-20-15-28-24-6-4-3-5-23(20)24/h3-16,28H,17H2,1-2H3,(H,30,34)/b29-16+. The van der Waals surface area contributed by atoms with Crippen LogP contribution >= 0.6 is 11.8 Å². The predicted molar refractivity (Wildman–Crippen MR) is 143 cm³/mol. The summed E-state index contributed by atoms with van der Waals surface area (Å²) in [7, 11) is 1.63. The first-order valence-electron chi connectivity index (χ1n) is 11.3. The van der Waals surface area contributed by atoms with E-state index in [-0.39, 0.29) is 11.7 Å². The summed E-state index contributed by atoms with van der Waals surface area (Å²) in [4.78, 5) is 15.7. The first-order valence-corrected chi connectivity index (χ1v) is 12.3. The molecule has 2 heterocycles. The molecule has 0 aliphatic carbocycles. The molecule has 180 valence electrons. The molecule has 1 amide bonds. The second-order valence-corrected chi connectivity index (χ2v) is 9.02. The number of methoxy groups -OCH3 is 1. The second kappa shape index (κ2) is 10.5. The molecule has 0 fully saturated rings. The zero-order valence-electron chi connectivity index (χ0n) is 19.8. The number of hydrazone groups is 1. The van der Waals surface area contributed by atoms with Crippen molar-refractivity contribution >= 4 is 34.8 Å². The minimum atomic E-state index is -0.239. The van der Waals surface area contributed by atoms with Crippen LogP contribution in [0.15, 0.2) is 89.3 Å². The number of carbonyl (C=O) groups is 1. The van der Waals surface area contributed by atoms with Gasteiger partial charge in [-0.25, -0.2) is 5.43 Å². The Morgan fingerprint density at radius 2 is 1.86 bits per heavy atom. The molecule has 0 saturated heterocycles. The highest BCUT2D eigenvalue weighted by Crippen LogP contribution is 2.29. The van der Waals surface area contributed by atoms with Gasteiger partial charge in [-0.05, 0) is 37.3 Å². The number of ether oxygens (including phenoxy) is 1. The van der Waals surface area contributed by atoms with E-state index in [1.165, 1.54) is 11.8 Å². The van der Waals surface area contributed by atoms with Gasteiger partial charge in [-0.2, -0.15) is 5.10 Å². The van der Waals surface area contributed by atoms with Gasteiger partial charge in [-0.1, -0.05) is 59.8 Å². The fraction of sp³-hybridized carbons (Fsp3) is 0.111. The van der Waals surface area contributed by atoms with Crippen LogP contribution < -0.4 is 10.2 Å². The number of carbonyl (C=O) groups excluding carboxylic acids is 1. The first-order chi connectivity index (χ1) is 17.6. The second-order valence-electron chi connectivity index (χ2n) is 8.08. The lowest BCUT2D eigenvalue weighted by atomic mass is 10.1. The van der Waals surface area contributed by atoms with Crippen molar-refractivity contribution in [2.75, 3.05) is 12.9 Å². The Bertz CT molecular complexity index is 1520. The van der Waals surface area contributed by atoms with Gasteiger partial charge >= 0.3 is 0 Å². The van der Waals surface area contributed by atoms with Crippen molar-refractivity contribution in [3.05, 3.63) is 90.1 Å². The summed E-state index contributed by atoms with van der Waals surface area (Å²) in [6, 6.07) is 23.7. The van der Waals surface area contributed by atoms with E-state index in [4.69, 9.17) is 4.74 Å². The fourth-order valence-corrected chi connectivity index (χ4v) is 4.50. The third-order valence-corrected chi connectivity index (χ3v) is 6.55. The summed E-state index contributed by atoms with van der Waals surface area (Å²) >= 11 is 1.30. The molecule has 0 aliphatic rings. The van der Waals surface area contributed by atoms with Crippen molar-refractivity contribution in [3.63, 3.8) is 0 Å². The summed E-state index contributed by atoms with van der Waals surface area (Å²) in [6.07, 6.45) is 3.50. The average molecular weight is 497 g/mol. The molecule has 5 aromatic rings. The van der Waals surface area contributed by atoms with Crippen molar-refractivity contribution < 1.29 is 9.53 Å². The summed E-state index contributed by atoms with van der Waals surface area (Å²) < 4.78 is 7.24. The Kier molecular flexibility index (Phi) is 6.81. The monoisotopic (exact) mass is 496 g/mol. The number of fused-ring (bicyclic) bond motifs is 1. The van der Waals surface area contributed by atoms with Gasteiger partial charge in [0.15, 0.2) is 11.0 Å². The highest BCUT2D eigenvalue weighted by atomic mass is 32.2. The summed E-state index contributed by atoms with van der Waals surface area (Å²) in [6.45, 7) is 2.04. The number of aryl methyl sites for hydroxylation is 1. The number of aromatic amines is 1. The molecule has 2 aromatic heterocycles. The van der Waals surface area contributed by atoms with Crippen LogP contribution in [0.25, 0.3) is 28.0 Å². The number of hydrogen-bond donors (Lipinski definition) is 2. The largest absolute Gasteiger partial charge is 0.497 e. The van der Waals surface area contributed by atoms with Crippen molar-refractivity contribution in [2.24, 2.45) is 5.10 Å². The van der Waals surface area contributed by atoms with Gasteiger partial charge in [-0.3, -0.25) is 9.36 Å². The molecule has 0 unspecified atom stereocenters. The van der Waals surface area contributed by atoms with Gasteiger partial charge in [0.2, 0.25) is 0 Å². The van der Waals surface area contributed by atoms with Crippen molar-refractivity contribution in [3.8, 4) is 22.8 Å². The molecular weight excluding hydrogens is 472 g/mol. The van der Waals surface area contributed by atoms with Crippen molar-refractivity contribution in [1.82, 2.24) is 25.2 Å². The number of thioether (sulfide) groups is 1. The Hall–Kier alpha value is -4.37. The number of aromatic nitrogens is 4. The smallest absolute Gasteiger partial charge is 0.250 e. The van der Waals surface area contributed by atoms with Gasteiger partial charge in [0.25, 0.3) is 5.91 Å². The van der Waals surface area contributed by atoms with Gasteiger partial charge in [0.05, 0.1) is 19.1 Å². The quantitative estimate of drug-likeness (QED) is 0.180. The van der Waals surface area contributed by atoms with E-state index in [0.717, 1.165) is 39.0 Å². The SMILES string of the molecule is COc1ccc(-n2c(SCC(=O)N/N=C/c3c[nH]c4ccccc34)nnc2-c2ccc(C)cc2)cc1. The summed E-state index contributed by atoms with van der Waals surface area (Å²) in [5, 5.41) is 14.6. The van der Waals surface area contributed by atoms with Gasteiger partial charge in [0, 0.05) is 33.9 Å². The Balaban J connectivity index is 1.33. The van der Waals surface area contributed by atoms with Crippen LogP contribution in [0.1, 0.15) is 11.1 Å². The van der Waals surface area contributed by atoms with Crippen LogP contribution in [0, 0.1) is 6.92 Å². The minimum Gasteiger partial charge on any atom is -0.497 e. The topological polar surface area (TPSA) is 97.2 Å². The summed E-state index contributed by atoms with van der Waals surface area (Å²) in [5.74, 6) is 1.34. The maximum absolute atomic E-state index is 12.5. The maximum atomic E-state index is 12.5. The van der Waals surface area contributed by atoms with E-state index >= 15 is 0 Å². The number of nitrogens with one attached hydrogen (secondary N) is 2. The number of rotatable bonds is 8. The lowest BCUT2D eigenvalue weighted by molar-refractivity contribution is -0.118. The van der Waals surface area contributed by atoms with Crippen molar-refractivity contribution in [1.29, 1.82) is 0 Å². The van der Waals surface area contributed by atoms with Gasteiger partial charge < -0.3 is 9.72 Å². The maximum Gasteiger partial charge on any atom is 0.250 e. The average Bonchev–Trinajstić information content (AvgIpc) is 3.52. The zero-order valence-corrected chi connectivity index (χ0v) is 20.6. The Morgan fingerprint density at radius 1 is 1.08 bits per heavy atom. The molecule has 5 rings (SSSR count). The van der Waals surface area contributed by atoms with E-state index in [2.05, 4.69) is 25.7 Å². The van der Waals surface area contributed by atoms with Crippen LogP contribution in [0.4, 0.5) is 0 Å². The number of para-hydroxylation sites is 1. The van der Waals surface area contributed by atoms with E-state index in [0.29, 0.717) is 11.0 Å². The van der Waals surface area contributed by atoms with E-state index in [1.54, 1.807) is 13.3 Å². The van der Waals surface area contributed by atoms with Gasteiger partial charge in [0.1, 0.15) is 5.75 Å². The molecule has 0 atom stereocenters. The van der Waals surface area contributed by atoms with Crippen LogP contribution in [-0.2, 0) is 4.79 Å². The molecule has 8 nitrogen and oxygen atoms in total. The van der Waals surface area contributed by atoms with Crippen LogP contribution in [0.3, 0.4) is 0 Å². The van der Waals surface area contributed by atoms with Crippen LogP contribution in [0.2, 0.25) is 0 Å². The van der Waals surface area contributed by atoms with Crippen LogP contribution in [0.5, 0.6) is 5.75 Å². The number of benzene rings is 3. The lowest BCUT2D eigenvalue weighted by Gasteiger charge is -2.11. The molecule has 3 aromatic carbocycles. The Morgan fingerprint density at radius 3 is 2.64 bits per heavy atom. The number of H-pyrrole nitrogens is 1. The molecule has 0 spiro atoms. The molecule has 0 radical (unpaired) electrons. The first kappa shape index (κ1) is 23.4. The molecule has 0 saturated carbocycles. The third kappa shape index (κ3) is 5.01. The summed E-state index contributed by atoms with van der Waals surface area (Å²) in [5.41, 5.74) is 7.48. The molecule has 0 bridgehead atoms. The molecule has 9 heteroatoms. The molecule has 0 aliphatic heterocycles. The molecule has 36 heavy (non-hydrogen) atoms.